The topological polar surface area (TPSA) is 57.1 Å². The Hall–Kier alpha value is -0.780. The minimum absolute atomic E-state index is 0.342. The quantitative estimate of drug-likeness (QED) is 0.247. The van der Waals surface area contributed by atoms with Crippen LogP contribution in [0, 0.1) is 0 Å². The highest BCUT2D eigenvalue weighted by molar-refractivity contribution is 9.10. The Kier molecular flexibility index (Phi) is 7.97. The molecule has 0 bridgehead atoms. The second kappa shape index (κ2) is 8.38. The van der Waals surface area contributed by atoms with Gasteiger partial charge in [-0.15, -0.1) is 0 Å². The first kappa shape index (κ1) is 15.2. The first-order valence-electron chi connectivity index (χ1n) is 5.16. The fraction of sp³-hybridized carbons (Fsp3) is 0.800. The van der Waals surface area contributed by atoms with Crippen molar-refractivity contribution in [3.63, 3.8) is 0 Å². The third kappa shape index (κ3) is 5.95. The monoisotopic (exact) mass is 295 g/mol. The molecule has 94 valence electrons. The van der Waals surface area contributed by atoms with Crippen LogP contribution >= 0.6 is 15.9 Å². The summed E-state index contributed by atoms with van der Waals surface area (Å²) in [6.07, 6.45) is -0.422. The molecule has 0 fully saturated rings. The van der Waals surface area contributed by atoms with Crippen molar-refractivity contribution >= 4 is 27.8 Å². The number of halogens is 1. The number of ether oxygens (including phenoxy) is 2. The average Bonchev–Trinajstić information content (AvgIpc) is 2.25. The van der Waals surface area contributed by atoms with E-state index >= 15 is 0 Å². The van der Waals surface area contributed by atoms with Gasteiger partial charge >= 0.3 is 5.97 Å². The van der Waals surface area contributed by atoms with Crippen molar-refractivity contribution in [1.29, 1.82) is 0 Å². The van der Waals surface area contributed by atoms with Crippen molar-refractivity contribution in [3.8, 4) is 0 Å². The normalized spacial score (nSPS) is 15.2. The molecule has 0 aliphatic heterocycles. The SMILES string of the molecule is CCOC(=O)C(Br)C(C)ON=C(C)OCC. The van der Waals surface area contributed by atoms with E-state index in [2.05, 4.69) is 21.1 Å². The van der Waals surface area contributed by atoms with Crippen LogP contribution < -0.4 is 0 Å². The van der Waals surface area contributed by atoms with Gasteiger partial charge in [-0.05, 0) is 20.8 Å². The summed E-state index contributed by atoms with van der Waals surface area (Å²) in [5.41, 5.74) is 0. The highest BCUT2D eigenvalue weighted by atomic mass is 79.9. The summed E-state index contributed by atoms with van der Waals surface area (Å²) in [6.45, 7) is 7.88. The number of hydrogen-bond donors (Lipinski definition) is 0. The van der Waals surface area contributed by atoms with Crippen molar-refractivity contribution in [3.05, 3.63) is 0 Å². The molecule has 2 unspecified atom stereocenters. The van der Waals surface area contributed by atoms with Crippen molar-refractivity contribution in [2.75, 3.05) is 13.2 Å². The van der Waals surface area contributed by atoms with Gasteiger partial charge in [-0.25, -0.2) is 0 Å². The molecule has 0 radical (unpaired) electrons. The Balaban J connectivity index is 4.09. The lowest BCUT2D eigenvalue weighted by Gasteiger charge is -2.15. The first-order chi connectivity index (χ1) is 7.52. The lowest BCUT2D eigenvalue weighted by atomic mass is 10.3. The zero-order valence-electron chi connectivity index (χ0n) is 10.0. The highest BCUT2D eigenvalue weighted by Crippen LogP contribution is 2.11. The maximum atomic E-state index is 11.3. The van der Waals surface area contributed by atoms with Gasteiger partial charge in [-0.2, -0.15) is 0 Å². The Bertz CT molecular complexity index is 245. The van der Waals surface area contributed by atoms with Crippen molar-refractivity contribution in [2.45, 2.75) is 38.6 Å². The van der Waals surface area contributed by atoms with E-state index in [-0.39, 0.29) is 5.97 Å². The summed E-state index contributed by atoms with van der Waals surface area (Å²) in [5, 5.41) is 3.73. The van der Waals surface area contributed by atoms with Crippen LogP contribution in [0.4, 0.5) is 0 Å². The minimum atomic E-state index is -0.536. The predicted octanol–water partition coefficient (Wildman–Crippen LogP) is 2.09. The standard InChI is InChI=1S/C10H18BrNO4/c1-5-14-8(4)12-16-7(3)9(11)10(13)15-6-2/h7,9H,5-6H2,1-4H3. The van der Waals surface area contributed by atoms with Gasteiger partial charge < -0.3 is 14.3 Å². The Labute approximate surface area is 104 Å². The number of esters is 1. The number of hydrogen-bond acceptors (Lipinski definition) is 5. The lowest BCUT2D eigenvalue weighted by molar-refractivity contribution is -0.144. The van der Waals surface area contributed by atoms with Crippen LogP contribution in [0.15, 0.2) is 5.16 Å². The van der Waals surface area contributed by atoms with Gasteiger partial charge in [0.2, 0.25) is 5.90 Å². The van der Waals surface area contributed by atoms with E-state index in [9.17, 15) is 4.79 Å². The van der Waals surface area contributed by atoms with Crippen LogP contribution in [0.5, 0.6) is 0 Å². The molecular weight excluding hydrogens is 278 g/mol. The van der Waals surface area contributed by atoms with Gasteiger partial charge in [0, 0.05) is 6.92 Å². The van der Waals surface area contributed by atoms with Gasteiger partial charge in [-0.3, -0.25) is 4.79 Å². The predicted molar refractivity (Wildman–Crippen MR) is 64.6 cm³/mol. The van der Waals surface area contributed by atoms with Gasteiger partial charge in [-0.1, -0.05) is 21.1 Å². The third-order valence-electron chi connectivity index (χ3n) is 1.62. The minimum Gasteiger partial charge on any atom is -0.479 e. The van der Waals surface area contributed by atoms with Crippen molar-refractivity contribution in [1.82, 2.24) is 0 Å². The zero-order chi connectivity index (χ0) is 12.6. The van der Waals surface area contributed by atoms with Gasteiger partial charge in [0.1, 0.15) is 6.10 Å². The van der Waals surface area contributed by atoms with Crippen molar-refractivity contribution in [2.24, 2.45) is 5.16 Å². The van der Waals surface area contributed by atoms with E-state index in [1.165, 1.54) is 0 Å². The second-order valence-corrected chi connectivity index (χ2v) is 3.99. The summed E-state index contributed by atoms with van der Waals surface area (Å²) in [7, 11) is 0. The fourth-order valence-corrected chi connectivity index (χ4v) is 1.09. The molecule has 0 aromatic carbocycles. The molecule has 0 aliphatic rings. The van der Waals surface area contributed by atoms with Crippen LogP contribution in [0.1, 0.15) is 27.7 Å². The molecule has 0 aromatic heterocycles. The van der Waals surface area contributed by atoms with E-state index in [0.29, 0.717) is 19.1 Å². The van der Waals surface area contributed by atoms with E-state index < -0.39 is 10.9 Å². The molecule has 0 rings (SSSR count). The molecule has 0 saturated heterocycles. The Morgan fingerprint density at radius 2 is 1.88 bits per heavy atom. The maximum absolute atomic E-state index is 11.3. The molecule has 5 nitrogen and oxygen atoms in total. The van der Waals surface area contributed by atoms with Gasteiger partial charge in [0.25, 0.3) is 0 Å². The first-order valence-corrected chi connectivity index (χ1v) is 6.08. The molecule has 0 saturated carbocycles. The average molecular weight is 296 g/mol. The maximum Gasteiger partial charge on any atom is 0.323 e. The number of carbonyl (C=O) groups excluding carboxylic acids is 1. The van der Waals surface area contributed by atoms with E-state index in [0.717, 1.165) is 0 Å². The highest BCUT2D eigenvalue weighted by Gasteiger charge is 2.25. The van der Waals surface area contributed by atoms with E-state index in [1.807, 2.05) is 6.92 Å². The fourth-order valence-electron chi connectivity index (χ4n) is 0.860. The van der Waals surface area contributed by atoms with E-state index in [1.54, 1.807) is 20.8 Å². The Morgan fingerprint density at radius 3 is 2.38 bits per heavy atom. The van der Waals surface area contributed by atoms with Crippen LogP contribution in [0.2, 0.25) is 0 Å². The van der Waals surface area contributed by atoms with Gasteiger partial charge in [0.05, 0.1) is 13.2 Å². The third-order valence-corrected chi connectivity index (χ3v) is 2.74. The molecule has 0 aliphatic carbocycles. The van der Waals surface area contributed by atoms with Crippen LogP contribution in [-0.2, 0) is 19.1 Å². The molecule has 0 amide bonds. The molecule has 6 heteroatoms. The number of oxime groups is 1. The van der Waals surface area contributed by atoms with Gasteiger partial charge in [0.15, 0.2) is 4.83 Å². The summed E-state index contributed by atoms with van der Waals surface area (Å²) in [5.74, 6) is 0.0668. The summed E-state index contributed by atoms with van der Waals surface area (Å²) >= 11 is 3.19. The van der Waals surface area contributed by atoms with Crippen LogP contribution in [0.3, 0.4) is 0 Å². The number of rotatable bonds is 6. The molecule has 2 atom stereocenters. The molecule has 16 heavy (non-hydrogen) atoms. The molecule has 0 aromatic rings. The van der Waals surface area contributed by atoms with Crippen LogP contribution in [-0.4, -0.2) is 36.0 Å². The smallest absolute Gasteiger partial charge is 0.323 e. The molecular formula is C10H18BrNO4. The van der Waals surface area contributed by atoms with Crippen molar-refractivity contribution < 1.29 is 19.1 Å². The summed E-state index contributed by atoms with van der Waals surface area (Å²) < 4.78 is 9.91. The molecule has 0 heterocycles. The number of nitrogens with zero attached hydrogens (tertiary/aromatic N) is 1. The lowest BCUT2D eigenvalue weighted by Crippen LogP contribution is -2.29. The van der Waals surface area contributed by atoms with Crippen LogP contribution in [0.25, 0.3) is 0 Å². The number of alkyl halides is 1. The Morgan fingerprint density at radius 1 is 1.31 bits per heavy atom. The second-order valence-electron chi connectivity index (χ2n) is 3.01. The molecule has 0 spiro atoms. The molecule has 0 N–H and O–H groups in total. The summed E-state index contributed by atoms with van der Waals surface area (Å²) in [6, 6.07) is 0. The van der Waals surface area contributed by atoms with E-state index in [4.69, 9.17) is 14.3 Å². The largest absolute Gasteiger partial charge is 0.479 e. The number of carbonyl (C=O) groups is 1. The zero-order valence-corrected chi connectivity index (χ0v) is 11.6. The summed E-state index contributed by atoms with van der Waals surface area (Å²) in [4.78, 5) is 15.9.